The third-order valence-corrected chi connectivity index (χ3v) is 8.57. The van der Waals surface area contributed by atoms with Gasteiger partial charge < -0.3 is 48.2 Å². The molecule has 46 heavy (non-hydrogen) atoms. The number of aryl methyl sites for hydroxylation is 3. The number of thiazole rings is 1. The Morgan fingerprint density at radius 3 is 2.37 bits per heavy atom. The van der Waals surface area contributed by atoms with Crippen LogP contribution in [0.2, 0.25) is 0 Å². The molecule has 2 aliphatic heterocycles. The number of benzene rings is 1. The van der Waals surface area contributed by atoms with E-state index in [1.54, 1.807) is 29.7 Å². The van der Waals surface area contributed by atoms with Gasteiger partial charge in [0, 0.05) is 26.1 Å². The van der Waals surface area contributed by atoms with Crippen LogP contribution in [0.1, 0.15) is 33.1 Å². The Balaban J connectivity index is 0.000000265. The van der Waals surface area contributed by atoms with Crippen LogP contribution in [-0.4, -0.2) is 86.5 Å². The van der Waals surface area contributed by atoms with E-state index in [0.29, 0.717) is 35.6 Å². The molecule has 15 nitrogen and oxygen atoms in total. The summed E-state index contributed by atoms with van der Waals surface area (Å²) in [4.78, 5) is 43.5. The number of fused-ring (bicyclic) bond motifs is 2. The molecule has 2 aliphatic rings. The largest absolute Gasteiger partial charge is 1.00 e. The zero-order valence-corrected chi connectivity index (χ0v) is 27.2. The van der Waals surface area contributed by atoms with Gasteiger partial charge in [0.15, 0.2) is 23.8 Å². The second kappa shape index (κ2) is 15.6. The minimum Gasteiger partial charge on any atom is -1.00 e. The van der Waals surface area contributed by atoms with E-state index in [4.69, 9.17) is 15.9 Å². The van der Waals surface area contributed by atoms with E-state index in [2.05, 4.69) is 29.5 Å². The van der Waals surface area contributed by atoms with E-state index < -0.39 is 36.2 Å². The number of aliphatic hydroxyl groups is 5. The third kappa shape index (κ3) is 8.08. The molecule has 17 heteroatoms. The van der Waals surface area contributed by atoms with Crippen molar-refractivity contribution in [1.82, 2.24) is 29.5 Å². The molecule has 248 valence electrons. The normalized spacial score (nSPS) is 13.2. The van der Waals surface area contributed by atoms with Crippen molar-refractivity contribution < 1.29 is 42.5 Å². The van der Waals surface area contributed by atoms with E-state index in [9.17, 15) is 24.9 Å². The molecule has 5 rings (SSSR count). The molecule has 0 bridgehead atoms. The van der Waals surface area contributed by atoms with E-state index in [1.165, 1.54) is 9.44 Å². The lowest BCUT2D eigenvalue weighted by Gasteiger charge is -2.25. The van der Waals surface area contributed by atoms with Crippen LogP contribution in [0.3, 0.4) is 0 Å². The molecule has 0 radical (unpaired) electrons. The number of halogens is 1. The second-order valence-corrected chi connectivity index (χ2v) is 11.6. The molecule has 0 fully saturated rings. The number of anilines is 1. The third-order valence-electron chi connectivity index (χ3n) is 7.42. The van der Waals surface area contributed by atoms with E-state index in [1.807, 2.05) is 33.2 Å². The lowest BCUT2D eigenvalue weighted by atomic mass is 10.1. The van der Waals surface area contributed by atoms with Crippen LogP contribution in [0, 0.1) is 27.7 Å². The minimum absolute atomic E-state index is 0. The summed E-state index contributed by atoms with van der Waals surface area (Å²) in [6, 6.07) is 3.53. The Morgan fingerprint density at radius 2 is 1.72 bits per heavy atom. The van der Waals surface area contributed by atoms with Crippen molar-refractivity contribution in [3.8, 4) is 11.5 Å². The van der Waals surface area contributed by atoms with Gasteiger partial charge in [-0.15, -0.1) is 0 Å². The van der Waals surface area contributed by atoms with Crippen molar-refractivity contribution in [2.45, 2.75) is 65.5 Å². The lowest BCUT2D eigenvalue weighted by molar-refractivity contribution is -0.689. The average molecular weight is 677 g/mol. The van der Waals surface area contributed by atoms with Crippen molar-refractivity contribution >= 4 is 28.2 Å². The Labute approximate surface area is 273 Å². The van der Waals surface area contributed by atoms with Gasteiger partial charge in [0.1, 0.15) is 30.0 Å². The zero-order valence-electron chi connectivity index (χ0n) is 25.7. The van der Waals surface area contributed by atoms with Gasteiger partial charge in [0.05, 0.1) is 34.6 Å². The van der Waals surface area contributed by atoms with Crippen molar-refractivity contribution in [2.75, 3.05) is 18.9 Å². The highest BCUT2D eigenvalue weighted by Crippen LogP contribution is 2.24. The molecule has 3 atom stereocenters. The van der Waals surface area contributed by atoms with Crippen molar-refractivity contribution in [3.05, 3.63) is 77.8 Å². The highest BCUT2D eigenvalue weighted by atomic mass is 35.5. The Hall–Kier alpha value is -3.90. The van der Waals surface area contributed by atoms with Gasteiger partial charge in [0.25, 0.3) is 5.56 Å². The number of nitrogens with zero attached hydrogens (tertiary/aromatic N) is 6. The number of hydrogen-bond donors (Lipinski definition) is 7. The van der Waals surface area contributed by atoms with Gasteiger partial charge in [-0.1, -0.05) is 11.3 Å². The molecule has 8 N–H and O–H groups in total. The average Bonchev–Trinajstić information content (AvgIpc) is 3.33. The number of rotatable bonds is 9. The minimum atomic E-state index is -1.64. The summed E-state index contributed by atoms with van der Waals surface area (Å²) in [6.07, 6.45) is -2.21. The van der Waals surface area contributed by atoms with E-state index >= 15 is 0 Å². The molecule has 0 saturated heterocycles. The first kappa shape index (κ1) is 36.6. The van der Waals surface area contributed by atoms with E-state index in [0.717, 1.165) is 22.4 Å². The lowest BCUT2D eigenvalue weighted by Crippen LogP contribution is -3.00. The van der Waals surface area contributed by atoms with Gasteiger partial charge in [-0.25, -0.2) is 19.7 Å². The van der Waals surface area contributed by atoms with E-state index in [-0.39, 0.29) is 37.1 Å². The first-order valence-corrected chi connectivity index (χ1v) is 14.9. The number of aliphatic hydroxyl groups excluding tert-OH is 5. The van der Waals surface area contributed by atoms with Crippen molar-refractivity contribution in [1.29, 1.82) is 0 Å². The highest BCUT2D eigenvalue weighted by molar-refractivity contribution is 7.09. The number of H-pyrrole nitrogens is 1. The quantitative estimate of drug-likeness (QED) is 0.0583. The van der Waals surface area contributed by atoms with Gasteiger partial charge in [-0.2, -0.15) is 9.55 Å². The summed E-state index contributed by atoms with van der Waals surface area (Å²) in [7, 11) is 0. The fourth-order valence-electron chi connectivity index (χ4n) is 4.66. The number of nitrogens with one attached hydrogen (secondary N) is 1. The van der Waals surface area contributed by atoms with Gasteiger partial charge in [-0.05, 0) is 44.0 Å². The predicted molar refractivity (Wildman–Crippen MR) is 166 cm³/mol. The number of nitrogen functional groups attached to an aromatic ring is 1. The Kier molecular flexibility index (Phi) is 12.4. The maximum Gasteiger partial charge on any atom is 0.349 e. The van der Waals surface area contributed by atoms with Crippen LogP contribution in [-0.2, 0) is 19.5 Å². The van der Waals surface area contributed by atoms with Gasteiger partial charge in [0.2, 0.25) is 5.51 Å². The van der Waals surface area contributed by atoms with Crippen molar-refractivity contribution in [2.24, 2.45) is 0 Å². The fraction of sp³-hybridized carbons (Fsp3) is 0.414. The van der Waals surface area contributed by atoms with Crippen LogP contribution >= 0.6 is 11.3 Å². The molecule has 0 spiro atoms. The molecule has 0 aliphatic carbocycles. The number of aromatic amines is 1. The summed E-state index contributed by atoms with van der Waals surface area (Å²) >= 11 is 1.65. The summed E-state index contributed by atoms with van der Waals surface area (Å²) < 4.78 is 3.51. The molecule has 0 unspecified atom stereocenters. The zero-order chi connectivity index (χ0) is 33.0. The number of nitrogens with two attached hydrogens (primary N) is 1. The molecule has 1 aromatic carbocycles. The SMILES string of the molecule is Cc1cc2nc3c(=O)[nH]c(=O)nc-3n(C[C@H](O)[C@H](O)[C@H](O)CO)c2cc1C.Cc1ncc(C[n+]2csc(CCO)c2C)c(N)n1.[Cl-]. The predicted octanol–water partition coefficient (Wildman–Crippen LogP) is -4.11. The summed E-state index contributed by atoms with van der Waals surface area (Å²) in [5.41, 5.74) is 11.1. The van der Waals surface area contributed by atoms with Gasteiger partial charge in [-0.3, -0.25) is 9.78 Å². The van der Waals surface area contributed by atoms with Crippen molar-refractivity contribution in [3.63, 3.8) is 0 Å². The molecule has 0 amide bonds. The molecule has 3 aromatic rings. The maximum atomic E-state index is 12.2. The smallest absolute Gasteiger partial charge is 0.349 e. The second-order valence-electron chi connectivity index (χ2n) is 10.7. The van der Waals surface area contributed by atoms with Crippen LogP contribution < -0.4 is 34.0 Å². The molecule has 2 aromatic heterocycles. The van der Waals surface area contributed by atoms with Crippen LogP contribution in [0.25, 0.3) is 22.6 Å². The Morgan fingerprint density at radius 1 is 1.02 bits per heavy atom. The standard InChI is InChI=1S/C17H20N4O6.C12H17N4OS.ClH/c1-7-3-9-10(4-8(7)2)21(5-11(23)14(25)12(24)6-22)15-13(18-9)16(26)20-17(27)19-15;1-8-11(3-4-17)18-7-16(8)6-10-5-14-9(2)15-12(10)13;/h3-4,11-12,14,22-25H,5-6H2,1-2H3,(H,20,26,27);5,7,17H,3-4,6H2,1-2H3,(H2,13,14,15);1H/q;+1;/p-1/t11-,12+,14-;;/m0../s1. The van der Waals surface area contributed by atoms with Crippen LogP contribution in [0.4, 0.5) is 5.82 Å². The Bertz CT molecular complexity index is 1900. The topological polar surface area (TPSA) is 237 Å². The van der Waals surface area contributed by atoms with Gasteiger partial charge >= 0.3 is 5.69 Å². The maximum absolute atomic E-state index is 12.2. The summed E-state index contributed by atoms with van der Waals surface area (Å²) in [5, 5.41) is 47.8. The molecular weight excluding hydrogens is 640 g/mol. The fourth-order valence-corrected chi connectivity index (χ4v) is 5.65. The number of hydrogen-bond acceptors (Lipinski definition) is 13. The first-order valence-electron chi connectivity index (χ1n) is 14.1. The molecule has 4 heterocycles. The first-order chi connectivity index (χ1) is 21.3. The van der Waals surface area contributed by atoms with Crippen LogP contribution in [0.5, 0.6) is 0 Å². The summed E-state index contributed by atoms with van der Waals surface area (Å²) in [5.74, 6) is 1.16. The highest BCUT2D eigenvalue weighted by Gasteiger charge is 2.27. The van der Waals surface area contributed by atoms with Crippen LogP contribution in [0.15, 0.2) is 33.4 Å². The number of aromatic nitrogens is 7. The monoisotopic (exact) mass is 676 g/mol. The summed E-state index contributed by atoms with van der Waals surface area (Å²) in [6.45, 7) is 7.44. The molecule has 0 saturated carbocycles. The molecular formula is C29H37ClN8O7S.